The molecule has 0 atom stereocenters. The zero-order valence-corrected chi connectivity index (χ0v) is 11.0. The average Bonchev–Trinajstić information content (AvgIpc) is 2.96. The monoisotopic (exact) mass is 284 g/mol. The second kappa shape index (κ2) is 4.64. The van der Waals surface area contributed by atoms with Gasteiger partial charge in [0.2, 0.25) is 5.82 Å². The summed E-state index contributed by atoms with van der Waals surface area (Å²) in [5.74, 6) is -0.828. The van der Waals surface area contributed by atoms with Crippen LogP contribution in [0.2, 0.25) is 0 Å². The van der Waals surface area contributed by atoms with Gasteiger partial charge >= 0.3 is 6.18 Å². The smallest absolute Gasteiger partial charge is 0.367 e. The number of fused-ring (bicyclic) bond motifs is 1. The third kappa shape index (κ3) is 2.44. The molecule has 1 aliphatic carbocycles. The van der Waals surface area contributed by atoms with Gasteiger partial charge in [-0.05, 0) is 25.8 Å². The van der Waals surface area contributed by atoms with Crippen LogP contribution in [0.25, 0.3) is 11.0 Å². The molecule has 1 saturated carbocycles. The number of alkyl halides is 3. The van der Waals surface area contributed by atoms with Crippen LogP contribution in [0, 0.1) is 6.92 Å². The number of hydrogen-bond acceptors (Lipinski definition) is 3. The van der Waals surface area contributed by atoms with Crippen LogP contribution in [0.1, 0.15) is 37.2 Å². The molecular formula is C13H15F3N4. The number of rotatable bonds is 2. The first-order chi connectivity index (χ1) is 9.43. The Morgan fingerprint density at radius 1 is 1.25 bits per heavy atom. The highest BCUT2D eigenvalue weighted by Gasteiger charge is 2.36. The van der Waals surface area contributed by atoms with Crippen molar-refractivity contribution in [3.63, 3.8) is 0 Å². The lowest BCUT2D eigenvalue weighted by atomic mass is 10.2. The van der Waals surface area contributed by atoms with Gasteiger partial charge in [-0.15, -0.1) is 0 Å². The predicted octanol–water partition coefficient (Wildman–Crippen LogP) is 3.64. The average molecular weight is 284 g/mol. The van der Waals surface area contributed by atoms with E-state index >= 15 is 0 Å². The number of hydrogen-bond donors (Lipinski definition) is 2. The predicted molar refractivity (Wildman–Crippen MR) is 69.5 cm³/mol. The molecule has 7 heteroatoms. The molecule has 20 heavy (non-hydrogen) atoms. The molecule has 2 aromatic rings. The summed E-state index contributed by atoms with van der Waals surface area (Å²) in [6.45, 7) is 1.79. The van der Waals surface area contributed by atoms with Gasteiger partial charge in [-0.3, -0.25) is 0 Å². The van der Waals surface area contributed by atoms with Gasteiger partial charge in [0.25, 0.3) is 0 Å². The molecule has 0 saturated heterocycles. The highest BCUT2D eigenvalue weighted by atomic mass is 19.4. The molecule has 108 valence electrons. The summed E-state index contributed by atoms with van der Waals surface area (Å²) >= 11 is 0. The minimum Gasteiger partial charge on any atom is -0.367 e. The first kappa shape index (κ1) is 13.2. The first-order valence-electron chi connectivity index (χ1n) is 6.64. The Bertz CT molecular complexity index is 626. The number of aromatic nitrogens is 3. The zero-order valence-electron chi connectivity index (χ0n) is 11.0. The fraction of sp³-hybridized carbons (Fsp3) is 0.538. The van der Waals surface area contributed by atoms with Crippen LogP contribution in [0.5, 0.6) is 0 Å². The van der Waals surface area contributed by atoms with Gasteiger partial charge < -0.3 is 10.3 Å². The molecule has 2 aromatic heterocycles. The second-order valence-corrected chi connectivity index (χ2v) is 5.23. The summed E-state index contributed by atoms with van der Waals surface area (Å²) in [5.41, 5.74) is 0.994. The van der Waals surface area contributed by atoms with Gasteiger partial charge in [-0.1, -0.05) is 12.8 Å². The molecule has 2 N–H and O–H groups in total. The lowest BCUT2D eigenvalue weighted by Gasteiger charge is -2.15. The minimum absolute atomic E-state index is 0.199. The number of nitrogens with one attached hydrogen (secondary N) is 2. The number of anilines is 1. The van der Waals surface area contributed by atoms with E-state index in [1.54, 1.807) is 13.0 Å². The van der Waals surface area contributed by atoms with Crippen molar-refractivity contribution >= 4 is 16.9 Å². The standard InChI is InChI=1S/C13H15F3N4/c1-7-6-9-10(17-7)19-12(13(14,15)16)20-11(9)18-8-4-2-3-5-8/h6,8H,2-5H2,1H3,(H2,17,18,19,20). The van der Waals surface area contributed by atoms with Gasteiger partial charge in [-0.25, -0.2) is 9.97 Å². The molecule has 3 rings (SSSR count). The zero-order chi connectivity index (χ0) is 14.3. The Hall–Kier alpha value is -1.79. The van der Waals surface area contributed by atoms with Gasteiger partial charge in [0, 0.05) is 11.7 Å². The van der Waals surface area contributed by atoms with Crippen molar-refractivity contribution in [3.8, 4) is 0 Å². The maximum Gasteiger partial charge on any atom is 0.451 e. The summed E-state index contributed by atoms with van der Waals surface area (Å²) in [5, 5.41) is 3.75. The van der Waals surface area contributed by atoms with E-state index in [0.717, 1.165) is 31.4 Å². The van der Waals surface area contributed by atoms with Gasteiger partial charge in [0.05, 0.1) is 5.39 Å². The molecule has 2 heterocycles. The van der Waals surface area contributed by atoms with Crippen molar-refractivity contribution < 1.29 is 13.2 Å². The van der Waals surface area contributed by atoms with E-state index in [1.165, 1.54) is 0 Å². The van der Waals surface area contributed by atoms with Crippen LogP contribution in [0.3, 0.4) is 0 Å². The Kier molecular flexibility index (Phi) is 3.07. The molecule has 0 aromatic carbocycles. The first-order valence-corrected chi connectivity index (χ1v) is 6.64. The molecule has 0 aliphatic heterocycles. The third-order valence-corrected chi connectivity index (χ3v) is 3.57. The van der Waals surface area contributed by atoms with Crippen molar-refractivity contribution in [2.75, 3.05) is 5.32 Å². The summed E-state index contributed by atoms with van der Waals surface area (Å²) in [6, 6.07) is 1.97. The quantitative estimate of drug-likeness (QED) is 0.885. The van der Waals surface area contributed by atoms with Gasteiger partial charge in [-0.2, -0.15) is 13.2 Å². The Labute approximate surface area is 113 Å². The number of halogens is 3. The Balaban J connectivity index is 2.06. The van der Waals surface area contributed by atoms with E-state index < -0.39 is 12.0 Å². The van der Waals surface area contributed by atoms with Crippen LogP contribution in [-0.4, -0.2) is 21.0 Å². The van der Waals surface area contributed by atoms with E-state index in [1.807, 2.05) is 0 Å². The normalized spacial score (nSPS) is 17.0. The minimum atomic E-state index is -4.54. The summed E-state index contributed by atoms with van der Waals surface area (Å²) in [7, 11) is 0. The fourth-order valence-corrected chi connectivity index (χ4v) is 2.64. The summed E-state index contributed by atoms with van der Waals surface area (Å²) < 4.78 is 38.5. The number of H-pyrrole nitrogens is 1. The number of aryl methyl sites for hydroxylation is 1. The van der Waals surface area contributed by atoms with Gasteiger partial charge in [0.1, 0.15) is 11.5 Å². The second-order valence-electron chi connectivity index (χ2n) is 5.23. The molecular weight excluding hydrogens is 269 g/mol. The van der Waals surface area contributed by atoms with E-state index in [0.29, 0.717) is 5.39 Å². The summed E-state index contributed by atoms with van der Waals surface area (Å²) in [4.78, 5) is 10.1. The van der Waals surface area contributed by atoms with Crippen LogP contribution in [-0.2, 0) is 6.18 Å². The number of aromatic amines is 1. The van der Waals surface area contributed by atoms with Crippen molar-refractivity contribution in [1.82, 2.24) is 15.0 Å². The van der Waals surface area contributed by atoms with Crippen LogP contribution >= 0.6 is 0 Å². The topological polar surface area (TPSA) is 53.6 Å². The molecule has 1 fully saturated rings. The molecule has 0 radical (unpaired) electrons. The maximum absolute atomic E-state index is 12.8. The van der Waals surface area contributed by atoms with Crippen molar-refractivity contribution in [3.05, 3.63) is 17.6 Å². The highest BCUT2D eigenvalue weighted by Crippen LogP contribution is 2.32. The lowest BCUT2D eigenvalue weighted by Crippen LogP contribution is -2.18. The van der Waals surface area contributed by atoms with E-state index in [2.05, 4.69) is 20.3 Å². The van der Waals surface area contributed by atoms with Crippen LogP contribution < -0.4 is 5.32 Å². The SMILES string of the molecule is Cc1cc2c(NC3CCCC3)nc(C(F)(F)F)nc2[nH]1. The molecule has 0 unspecified atom stereocenters. The number of nitrogens with zero attached hydrogens (tertiary/aromatic N) is 2. The highest BCUT2D eigenvalue weighted by molar-refractivity contribution is 5.88. The Morgan fingerprint density at radius 2 is 1.95 bits per heavy atom. The molecule has 4 nitrogen and oxygen atoms in total. The lowest BCUT2D eigenvalue weighted by molar-refractivity contribution is -0.144. The van der Waals surface area contributed by atoms with E-state index in [4.69, 9.17) is 0 Å². The largest absolute Gasteiger partial charge is 0.451 e. The third-order valence-electron chi connectivity index (χ3n) is 3.57. The Morgan fingerprint density at radius 3 is 2.60 bits per heavy atom. The van der Waals surface area contributed by atoms with Crippen molar-refractivity contribution in [2.45, 2.75) is 44.8 Å². The van der Waals surface area contributed by atoms with Gasteiger partial charge in [0.15, 0.2) is 0 Å². The molecule has 0 bridgehead atoms. The molecule has 0 amide bonds. The van der Waals surface area contributed by atoms with Crippen molar-refractivity contribution in [2.24, 2.45) is 0 Å². The summed E-state index contributed by atoms with van der Waals surface area (Å²) in [6.07, 6.45) is -0.403. The van der Waals surface area contributed by atoms with Crippen LogP contribution in [0.4, 0.5) is 19.0 Å². The van der Waals surface area contributed by atoms with E-state index in [9.17, 15) is 13.2 Å². The maximum atomic E-state index is 12.8. The van der Waals surface area contributed by atoms with Crippen LogP contribution in [0.15, 0.2) is 6.07 Å². The van der Waals surface area contributed by atoms with Crippen molar-refractivity contribution in [1.29, 1.82) is 0 Å². The van der Waals surface area contributed by atoms with E-state index in [-0.39, 0.29) is 17.5 Å². The molecule has 0 spiro atoms. The fourth-order valence-electron chi connectivity index (χ4n) is 2.64. The molecule has 1 aliphatic rings.